The number of benzene rings is 1. The summed E-state index contributed by atoms with van der Waals surface area (Å²) in [6.07, 6.45) is 0. The summed E-state index contributed by atoms with van der Waals surface area (Å²) in [4.78, 5) is 4.48. The lowest BCUT2D eigenvalue weighted by Gasteiger charge is -2.28. The smallest absolute Gasteiger partial charge is 0.201 e. The maximum absolute atomic E-state index is 6.11. The van der Waals surface area contributed by atoms with E-state index in [-0.39, 0.29) is 5.41 Å². The molecule has 1 atom stereocenters. The van der Waals surface area contributed by atoms with Gasteiger partial charge in [0.2, 0.25) is 5.95 Å². The topological polar surface area (TPSA) is 53.1 Å². The lowest BCUT2D eigenvalue weighted by molar-refractivity contribution is 0.236. The molecule has 110 valence electrons. The predicted octanol–water partition coefficient (Wildman–Crippen LogP) is 3.70. The molecule has 0 amide bonds. The van der Waals surface area contributed by atoms with Crippen LogP contribution in [0.2, 0.25) is 0 Å². The fraction of sp³-hybridized carbons (Fsp3) is 0.562. The number of aromatic nitrogens is 2. The molecule has 1 aromatic carbocycles. The van der Waals surface area contributed by atoms with Crippen LogP contribution < -0.4 is 10.5 Å². The SMILES string of the molecule is CCOc1cccc2c1nc(N)n2CC(C)C(C)(C)C. The molecular weight excluding hydrogens is 250 g/mol. The third-order valence-electron chi connectivity index (χ3n) is 4.01. The van der Waals surface area contributed by atoms with E-state index in [1.807, 2.05) is 19.1 Å². The molecule has 0 fully saturated rings. The Balaban J connectivity index is 2.44. The maximum Gasteiger partial charge on any atom is 0.201 e. The van der Waals surface area contributed by atoms with Crippen molar-refractivity contribution in [1.29, 1.82) is 0 Å². The Morgan fingerprint density at radius 3 is 2.65 bits per heavy atom. The second kappa shape index (κ2) is 5.35. The van der Waals surface area contributed by atoms with E-state index in [4.69, 9.17) is 10.5 Å². The molecule has 0 spiro atoms. The van der Waals surface area contributed by atoms with Crippen LogP contribution in [-0.4, -0.2) is 16.2 Å². The summed E-state index contributed by atoms with van der Waals surface area (Å²) in [6, 6.07) is 5.99. The molecule has 1 aromatic heterocycles. The molecule has 0 aliphatic heterocycles. The Bertz CT molecular complexity index is 596. The first kappa shape index (κ1) is 14.7. The molecule has 4 heteroatoms. The predicted molar refractivity (Wildman–Crippen MR) is 83.9 cm³/mol. The molecule has 20 heavy (non-hydrogen) atoms. The number of anilines is 1. The highest BCUT2D eigenvalue weighted by atomic mass is 16.5. The van der Waals surface area contributed by atoms with Gasteiger partial charge < -0.3 is 15.0 Å². The Kier molecular flexibility index (Phi) is 3.93. The molecule has 2 aromatic rings. The second-order valence-corrected chi connectivity index (χ2v) is 6.40. The third kappa shape index (κ3) is 2.74. The van der Waals surface area contributed by atoms with Crippen molar-refractivity contribution in [2.24, 2.45) is 11.3 Å². The molecule has 1 unspecified atom stereocenters. The third-order valence-corrected chi connectivity index (χ3v) is 4.01. The van der Waals surface area contributed by atoms with Gasteiger partial charge in [0.25, 0.3) is 0 Å². The van der Waals surface area contributed by atoms with Gasteiger partial charge in [-0.05, 0) is 30.4 Å². The number of nitrogen functional groups attached to an aromatic ring is 1. The number of rotatable bonds is 4. The van der Waals surface area contributed by atoms with Gasteiger partial charge >= 0.3 is 0 Å². The summed E-state index contributed by atoms with van der Waals surface area (Å²) in [5, 5.41) is 0. The lowest BCUT2D eigenvalue weighted by Crippen LogP contribution is -2.23. The van der Waals surface area contributed by atoms with Gasteiger partial charge in [0.05, 0.1) is 12.1 Å². The maximum atomic E-state index is 6.11. The normalized spacial score (nSPS) is 13.7. The summed E-state index contributed by atoms with van der Waals surface area (Å²) < 4.78 is 7.72. The highest BCUT2D eigenvalue weighted by Gasteiger charge is 2.22. The first-order valence-corrected chi connectivity index (χ1v) is 7.22. The molecule has 0 radical (unpaired) electrons. The number of hydrogen-bond acceptors (Lipinski definition) is 3. The molecule has 0 aliphatic carbocycles. The number of para-hydroxylation sites is 1. The fourth-order valence-corrected chi connectivity index (χ4v) is 2.15. The molecule has 0 saturated carbocycles. The van der Waals surface area contributed by atoms with Crippen molar-refractivity contribution in [3.8, 4) is 5.75 Å². The summed E-state index contributed by atoms with van der Waals surface area (Å²) in [6.45, 7) is 12.5. The first-order chi connectivity index (χ1) is 9.34. The zero-order chi connectivity index (χ0) is 14.9. The van der Waals surface area contributed by atoms with Crippen molar-refractivity contribution >= 4 is 17.0 Å². The quantitative estimate of drug-likeness (QED) is 0.925. The van der Waals surface area contributed by atoms with E-state index in [1.54, 1.807) is 0 Å². The van der Waals surface area contributed by atoms with Gasteiger partial charge in [-0.1, -0.05) is 33.8 Å². The van der Waals surface area contributed by atoms with Crippen LogP contribution in [0, 0.1) is 11.3 Å². The summed E-state index contributed by atoms with van der Waals surface area (Å²) in [7, 11) is 0. The minimum atomic E-state index is 0.237. The summed E-state index contributed by atoms with van der Waals surface area (Å²) in [5.41, 5.74) is 8.24. The van der Waals surface area contributed by atoms with Gasteiger partial charge in [0, 0.05) is 6.54 Å². The van der Waals surface area contributed by atoms with E-state index in [9.17, 15) is 0 Å². The van der Waals surface area contributed by atoms with Gasteiger partial charge in [-0.2, -0.15) is 0 Å². The standard InChI is InChI=1S/C16H25N3O/c1-6-20-13-9-7-8-12-14(13)18-15(17)19(12)10-11(2)16(3,4)5/h7-9,11H,6,10H2,1-5H3,(H2,17,18). The van der Waals surface area contributed by atoms with Crippen molar-refractivity contribution in [3.05, 3.63) is 18.2 Å². The fourth-order valence-electron chi connectivity index (χ4n) is 2.15. The summed E-state index contributed by atoms with van der Waals surface area (Å²) >= 11 is 0. The minimum absolute atomic E-state index is 0.237. The van der Waals surface area contributed by atoms with E-state index < -0.39 is 0 Å². The molecule has 0 aliphatic rings. The van der Waals surface area contributed by atoms with Crippen LogP contribution in [0.3, 0.4) is 0 Å². The van der Waals surface area contributed by atoms with Gasteiger partial charge in [0.1, 0.15) is 11.3 Å². The van der Waals surface area contributed by atoms with E-state index >= 15 is 0 Å². The zero-order valence-corrected chi connectivity index (χ0v) is 13.1. The number of hydrogen-bond donors (Lipinski definition) is 1. The van der Waals surface area contributed by atoms with Crippen molar-refractivity contribution < 1.29 is 4.74 Å². The Labute approximate surface area is 120 Å². The largest absolute Gasteiger partial charge is 0.492 e. The molecule has 2 rings (SSSR count). The molecule has 0 saturated heterocycles. The van der Waals surface area contributed by atoms with E-state index in [0.29, 0.717) is 18.5 Å². The van der Waals surface area contributed by atoms with E-state index in [1.165, 1.54) is 0 Å². The van der Waals surface area contributed by atoms with Crippen molar-refractivity contribution in [2.45, 2.75) is 41.2 Å². The highest BCUT2D eigenvalue weighted by Crippen LogP contribution is 2.31. The molecule has 0 bridgehead atoms. The second-order valence-electron chi connectivity index (χ2n) is 6.40. The Hall–Kier alpha value is -1.71. The van der Waals surface area contributed by atoms with Gasteiger partial charge in [0.15, 0.2) is 0 Å². The van der Waals surface area contributed by atoms with Crippen LogP contribution >= 0.6 is 0 Å². The lowest BCUT2D eigenvalue weighted by atomic mass is 9.82. The Morgan fingerprint density at radius 2 is 2.05 bits per heavy atom. The van der Waals surface area contributed by atoms with Crippen LogP contribution in [0.4, 0.5) is 5.95 Å². The van der Waals surface area contributed by atoms with Crippen molar-refractivity contribution in [2.75, 3.05) is 12.3 Å². The van der Waals surface area contributed by atoms with Gasteiger partial charge in [-0.15, -0.1) is 0 Å². The van der Waals surface area contributed by atoms with E-state index in [0.717, 1.165) is 23.3 Å². The monoisotopic (exact) mass is 275 g/mol. The number of ether oxygens (including phenoxy) is 1. The van der Waals surface area contributed by atoms with E-state index in [2.05, 4.69) is 43.3 Å². The average molecular weight is 275 g/mol. The average Bonchev–Trinajstić information content (AvgIpc) is 2.67. The summed E-state index contributed by atoms with van der Waals surface area (Å²) in [5.74, 6) is 1.86. The number of nitrogens with zero attached hydrogens (tertiary/aromatic N) is 2. The number of fused-ring (bicyclic) bond motifs is 1. The van der Waals surface area contributed by atoms with Crippen LogP contribution in [0.25, 0.3) is 11.0 Å². The van der Waals surface area contributed by atoms with Crippen molar-refractivity contribution in [1.82, 2.24) is 9.55 Å². The molecule has 1 heterocycles. The van der Waals surface area contributed by atoms with Gasteiger partial charge in [-0.25, -0.2) is 4.98 Å². The highest BCUT2D eigenvalue weighted by molar-refractivity contribution is 5.84. The number of imidazole rings is 1. The van der Waals surface area contributed by atoms with Crippen LogP contribution in [-0.2, 0) is 6.54 Å². The molecule has 4 nitrogen and oxygen atoms in total. The van der Waals surface area contributed by atoms with Crippen molar-refractivity contribution in [3.63, 3.8) is 0 Å². The first-order valence-electron chi connectivity index (χ1n) is 7.22. The van der Waals surface area contributed by atoms with Crippen LogP contribution in [0.5, 0.6) is 5.75 Å². The van der Waals surface area contributed by atoms with Crippen LogP contribution in [0.15, 0.2) is 18.2 Å². The Morgan fingerprint density at radius 1 is 1.35 bits per heavy atom. The minimum Gasteiger partial charge on any atom is -0.492 e. The molecular formula is C16H25N3O. The number of nitrogens with two attached hydrogens (primary N) is 1. The van der Waals surface area contributed by atoms with Gasteiger partial charge in [-0.3, -0.25) is 0 Å². The molecule has 2 N–H and O–H groups in total. The zero-order valence-electron chi connectivity index (χ0n) is 13.1. The van der Waals surface area contributed by atoms with Crippen LogP contribution in [0.1, 0.15) is 34.6 Å².